The van der Waals surface area contributed by atoms with Crippen molar-refractivity contribution < 1.29 is 9.53 Å². The van der Waals surface area contributed by atoms with E-state index in [1.807, 2.05) is 12.1 Å². The van der Waals surface area contributed by atoms with Crippen molar-refractivity contribution in [1.82, 2.24) is 15.5 Å². The van der Waals surface area contributed by atoms with Crippen molar-refractivity contribution >= 4 is 17.5 Å². The first-order valence-electron chi connectivity index (χ1n) is 10.6. The van der Waals surface area contributed by atoms with E-state index < -0.39 is 0 Å². The molecule has 156 valence electrons. The fourth-order valence-corrected chi connectivity index (χ4v) is 4.57. The third-order valence-electron chi connectivity index (χ3n) is 5.81. The Bertz CT molecular complexity index is 629. The van der Waals surface area contributed by atoms with Gasteiger partial charge in [0.1, 0.15) is 0 Å². The molecule has 1 atom stereocenters. The summed E-state index contributed by atoms with van der Waals surface area (Å²) in [6, 6.07) is 8.03. The fraction of sp³-hybridized carbons (Fsp3) is 0.682. The largest absolute Gasteiger partial charge is 0.374 e. The van der Waals surface area contributed by atoms with Gasteiger partial charge in [-0.3, -0.25) is 15.0 Å². The van der Waals surface area contributed by atoms with Gasteiger partial charge in [-0.1, -0.05) is 50.4 Å². The van der Waals surface area contributed by atoms with E-state index in [2.05, 4.69) is 41.5 Å². The Kier molecular flexibility index (Phi) is 7.75. The first kappa shape index (κ1) is 21.6. The number of nitrogens with one attached hydrogen (secondary N) is 2. The Hall–Kier alpha value is -1.14. The average molecular weight is 408 g/mol. The van der Waals surface area contributed by atoms with Crippen molar-refractivity contribution in [2.45, 2.75) is 51.2 Å². The second-order valence-electron chi connectivity index (χ2n) is 8.60. The van der Waals surface area contributed by atoms with Crippen LogP contribution in [0.2, 0.25) is 5.02 Å². The first-order valence-corrected chi connectivity index (χ1v) is 11.0. The molecule has 28 heavy (non-hydrogen) atoms. The molecule has 1 saturated heterocycles. The number of morpholine rings is 1. The van der Waals surface area contributed by atoms with Gasteiger partial charge in [-0.15, -0.1) is 0 Å². The van der Waals surface area contributed by atoms with Gasteiger partial charge in [0.2, 0.25) is 5.91 Å². The number of amides is 1. The lowest BCUT2D eigenvalue weighted by atomic mass is 9.88. The van der Waals surface area contributed by atoms with Crippen molar-refractivity contribution in [3.8, 4) is 0 Å². The summed E-state index contributed by atoms with van der Waals surface area (Å²) < 4.78 is 5.83. The smallest absolute Gasteiger partial charge is 0.234 e. The molecule has 2 N–H and O–H groups in total. The number of ether oxygens (including phenoxy) is 1. The van der Waals surface area contributed by atoms with Crippen LogP contribution in [0.3, 0.4) is 0 Å². The molecular weight excluding hydrogens is 374 g/mol. The number of hydrogen-bond donors (Lipinski definition) is 2. The number of benzene rings is 1. The lowest BCUT2D eigenvalue weighted by Crippen LogP contribution is -2.50. The van der Waals surface area contributed by atoms with E-state index >= 15 is 0 Å². The average Bonchev–Trinajstić information content (AvgIpc) is 3.15. The van der Waals surface area contributed by atoms with Gasteiger partial charge in [0.15, 0.2) is 0 Å². The molecule has 2 aliphatic rings. The minimum atomic E-state index is -0.114. The summed E-state index contributed by atoms with van der Waals surface area (Å²) >= 11 is 6.04. The summed E-state index contributed by atoms with van der Waals surface area (Å²) in [7, 11) is 0. The van der Waals surface area contributed by atoms with Gasteiger partial charge in [0, 0.05) is 36.7 Å². The number of nitrogens with zero attached hydrogens (tertiary/aromatic N) is 1. The zero-order chi connectivity index (χ0) is 20.0. The van der Waals surface area contributed by atoms with Gasteiger partial charge >= 0.3 is 0 Å². The summed E-state index contributed by atoms with van der Waals surface area (Å²) in [5.74, 6) is 0.679. The normalized spacial score (nSPS) is 22.5. The Morgan fingerprint density at radius 3 is 2.68 bits per heavy atom. The second kappa shape index (κ2) is 10.1. The van der Waals surface area contributed by atoms with E-state index in [9.17, 15) is 4.79 Å². The monoisotopic (exact) mass is 407 g/mol. The van der Waals surface area contributed by atoms with Crippen LogP contribution in [0.5, 0.6) is 0 Å². The van der Waals surface area contributed by atoms with E-state index in [1.54, 1.807) is 0 Å². The van der Waals surface area contributed by atoms with Crippen LogP contribution < -0.4 is 10.6 Å². The van der Waals surface area contributed by atoms with Gasteiger partial charge in [0.05, 0.1) is 19.3 Å². The molecule has 1 aliphatic heterocycles. The van der Waals surface area contributed by atoms with Gasteiger partial charge in [-0.25, -0.2) is 0 Å². The lowest BCUT2D eigenvalue weighted by molar-refractivity contribution is -0.121. The quantitative estimate of drug-likeness (QED) is 0.695. The molecule has 0 radical (unpaired) electrons. The van der Waals surface area contributed by atoms with Gasteiger partial charge in [-0.2, -0.15) is 0 Å². The van der Waals surface area contributed by atoms with Crippen LogP contribution in [0.4, 0.5) is 0 Å². The SMILES string of the molecule is CC(C)CN1CCOC(CNC(=O)CNC2(c3ccc(Cl)cc3)CCCC2)C1. The number of carbonyl (C=O) groups excluding carboxylic acids is 1. The maximum atomic E-state index is 12.5. The van der Waals surface area contributed by atoms with Crippen LogP contribution in [-0.4, -0.2) is 56.2 Å². The van der Waals surface area contributed by atoms with Crippen LogP contribution in [0.1, 0.15) is 45.1 Å². The van der Waals surface area contributed by atoms with Crippen LogP contribution >= 0.6 is 11.6 Å². The molecule has 0 aromatic heterocycles. The van der Waals surface area contributed by atoms with Crippen molar-refractivity contribution in [2.24, 2.45) is 5.92 Å². The van der Waals surface area contributed by atoms with E-state index in [1.165, 1.54) is 18.4 Å². The van der Waals surface area contributed by atoms with Gasteiger partial charge in [-0.05, 0) is 36.5 Å². The highest BCUT2D eigenvalue weighted by Crippen LogP contribution is 2.38. The molecule has 1 saturated carbocycles. The lowest BCUT2D eigenvalue weighted by Gasteiger charge is -2.34. The number of hydrogen-bond acceptors (Lipinski definition) is 4. The molecule has 1 aromatic rings. The van der Waals surface area contributed by atoms with Crippen molar-refractivity contribution in [2.75, 3.05) is 39.3 Å². The Morgan fingerprint density at radius 1 is 1.29 bits per heavy atom. The van der Waals surface area contributed by atoms with E-state index in [0.717, 1.165) is 44.1 Å². The van der Waals surface area contributed by atoms with E-state index in [0.29, 0.717) is 19.0 Å². The minimum absolute atomic E-state index is 0.0322. The molecule has 0 bridgehead atoms. The molecule has 2 fully saturated rings. The van der Waals surface area contributed by atoms with Crippen molar-refractivity contribution in [3.63, 3.8) is 0 Å². The topological polar surface area (TPSA) is 53.6 Å². The predicted octanol–water partition coefficient (Wildman–Crippen LogP) is 3.17. The maximum absolute atomic E-state index is 12.5. The molecule has 5 nitrogen and oxygen atoms in total. The highest BCUT2D eigenvalue weighted by molar-refractivity contribution is 6.30. The van der Waals surface area contributed by atoms with Gasteiger partial charge < -0.3 is 10.1 Å². The highest BCUT2D eigenvalue weighted by atomic mass is 35.5. The molecule has 6 heteroatoms. The third-order valence-corrected chi connectivity index (χ3v) is 6.07. The van der Waals surface area contributed by atoms with Crippen molar-refractivity contribution in [3.05, 3.63) is 34.9 Å². The third kappa shape index (κ3) is 5.93. The Morgan fingerprint density at radius 2 is 2.00 bits per heavy atom. The highest BCUT2D eigenvalue weighted by Gasteiger charge is 2.35. The minimum Gasteiger partial charge on any atom is -0.374 e. The number of rotatable bonds is 8. The number of halogens is 1. The van der Waals surface area contributed by atoms with E-state index in [-0.39, 0.29) is 17.6 Å². The molecule has 0 spiro atoms. The van der Waals surface area contributed by atoms with Crippen LogP contribution in [0.25, 0.3) is 0 Å². The first-order chi connectivity index (χ1) is 13.5. The summed E-state index contributed by atoms with van der Waals surface area (Å²) in [5, 5.41) is 7.34. The summed E-state index contributed by atoms with van der Waals surface area (Å²) in [4.78, 5) is 14.9. The summed E-state index contributed by atoms with van der Waals surface area (Å²) in [5.41, 5.74) is 1.11. The molecule has 1 aliphatic carbocycles. The zero-order valence-electron chi connectivity index (χ0n) is 17.2. The predicted molar refractivity (Wildman–Crippen MR) is 114 cm³/mol. The Balaban J connectivity index is 1.47. The van der Waals surface area contributed by atoms with Crippen molar-refractivity contribution in [1.29, 1.82) is 0 Å². The molecule has 1 unspecified atom stereocenters. The molecule has 3 rings (SSSR count). The molecule has 1 amide bonds. The molecule has 1 heterocycles. The Labute approximate surface area is 174 Å². The zero-order valence-corrected chi connectivity index (χ0v) is 17.9. The summed E-state index contributed by atoms with van der Waals surface area (Å²) in [6.07, 6.45) is 4.54. The fourth-order valence-electron chi connectivity index (χ4n) is 4.44. The van der Waals surface area contributed by atoms with Gasteiger partial charge in [0.25, 0.3) is 0 Å². The summed E-state index contributed by atoms with van der Waals surface area (Å²) in [6.45, 7) is 9.06. The van der Waals surface area contributed by atoms with Crippen LogP contribution in [0.15, 0.2) is 24.3 Å². The van der Waals surface area contributed by atoms with E-state index in [4.69, 9.17) is 16.3 Å². The standard InChI is InChI=1S/C22H34ClN3O2/c1-17(2)15-26-11-12-28-20(16-26)13-24-21(27)14-25-22(9-3-4-10-22)18-5-7-19(23)8-6-18/h5-8,17,20,25H,3-4,9-16H2,1-2H3,(H,24,27). The molecular formula is C22H34ClN3O2. The van der Waals surface area contributed by atoms with Crippen LogP contribution in [-0.2, 0) is 15.1 Å². The maximum Gasteiger partial charge on any atom is 0.234 e. The van der Waals surface area contributed by atoms with Crippen LogP contribution in [0, 0.1) is 5.92 Å². The number of carbonyl (C=O) groups is 1. The second-order valence-corrected chi connectivity index (χ2v) is 9.04. The molecule has 1 aromatic carbocycles.